The number of alkyl halides is 3. The summed E-state index contributed by atoms with van der Waals surface area (Å²) in [6, 6.07) is 10.5. The first kappa shape index (κ1) is 22.3. The van der Waals surface area contributed by atoms with Gasteiger partial charge in [-0.2, -0.15) is 13.2 Å². The van der Waals surface area contributed by atoms with E-state index in [0.29, 0.717) is 12.8 Å². The smallest absolute Gasteiger partial charge is 0.305 e. The van der Waals surface area contributed by atoms with E-state index in [0.717, 1.165) is 51.2 Å². The molecule has 7 nitrogen and oxygen atoms in total. The standard InChI is InChI=1S/C23H18F3N3O4S/c1-14-3-2-4-18-15(9-12-27-19(14)18)13-28-21(31)29(20(30)22(28)10-11-22)16-5-7-17(8-6-16)34(32,33)23(24,25)26/h2-9,12H,10-11,13H2,1H3. The fraction of sp³-hybridized carbons (Fsp3) is 0.261. The molecule has 1 saturated carbocycles. The Morgan fingerprint density at radius 1 is 1.03 bits per heavy atom. The van der Waals surface area contributed by atoms with Crippen molar-refractivity contribution in [1.29, 1.82) is 0 Å². The van der Waals surface area contributed by atoms with Gasteiger partial charge in [0.05, 0.1) is 16.1 Å². The van der Waals surface area contributed by atoms with E-state index >= 15 is 0 Å². The number of pyridine rings is 1. The molecule has 1 aliphatic heterocycles. The minimum absolute atomic E-state index is 0.0142. The SMILES string of the molecule is Cc1cccc2c(CN3C(=O)N(c4ccc(S(=O)(=O)C(F)(F)F)cc4)C(=O)C34CC4)ccnc12. The van der Waals surface area contributed by atoms with Crippen LogP contribution in [0.1, 0.15) is 24.0 Å². The van der Waals surface area contributed by atoms with Crippen molar-refractivity contribution in [1.82, 2.24) is 9.88 Å². The van der Waals surface area contributed by atoms with Crippen LogP contribution in [0.4, 0.5) is 23.7 Å². The summed E-state index contributed by atoms with van der Waals surface area (Å²) >= 11 is 0. The molecule has 0 N–H and O–H groups in total. The van der Waals surface area contributed by atoms with Crippen LogP contribution >= 0.6 is 0 Å². The summed E-state index contributed by atoms with van der Waals surface area (Å²) < 4.78 is 61.8. The molecule has 2 aliphatic rings. The first-order valence-electron chi connectivity index (χ1n) is 10.4. The van der Waals surface area contributed by atoms with Crippen molar-refractivity contribution < 1.29 is 31.2 Å². The maximum atomic E-state index is 13.3. The Hall–Kier alpha value is -3.47. The minimum Gasteiger partial charge on any atom is -0.305 e. The second-order valence-corrected chi connectivity index (χ2v) is 10.4. The van der Waals surface area contributed by atoms with Crippen LogP contribution in [0, 0.1) is 6.92 Å². The number of benzene rings is 2. The predicted molar refractivity (Wildman–Crippen MR) is 117 cm³/mol. The van der Waals surface area contributed by atoms with E-state index in [2.05, 4.69) is 4.98 Å². The van der Waals surface area contributed by atoms with Crippen LogP contribution in [0.15, 0.2) is 59.6 Å². The van der Waals surface area contributed by atoms with Gasteiger partial charge in [-0.3, -0.25) is 9.78 Å². The molecule has 1 saturated heterocycles. The lowest BCUT2D eigenvalue weighted by molar-refractivity contribution is -0.120. The second-order valence-electron chi connectivity index (χ2n) is 8.43. The average molecular weight is 489 g/mol. The Morgan fingerprint density at radius 3 is 2.32 bits per heavy atom. The summed E-state index contributed by atoms with van der Waals surface area (Å²) in [7, 11) is -5.53. The normalized spacial score (nSPS) is 17.8. The quantitative estimate of drug-likeness (QED) is 0.509. The summed E-state index contributed by atoms with van der Waals surface area (Å²) in [5, 5.41) is 0.860. The molecule has 3 aromatic rings. The number of aryl methyl sites for hydroxylation is 1. The van der Waals surface area contributed by atoms with E-state index in [1.807, 2.05) is 25.1 Å². The molecule has 5 rings (SSSR count). The number of nitrogens with zero attached hydrogens (tertiary/aromatic N) is 3. The molecule has 0 radical (unpaired) electrons. The van der Waals surface area contributed by atoms with Gasteiger partial charge >= 0.3 is 11.5 Å². The Kier molecular flexibility index (Phi) is 4.77. The van der Waals surface area contributed by atoms with E-state index < -0.39 is 37.7 Å². The highest BCUT2D eigenvalue weighted by Crippen LogP contribution is 2.50. The number of halogens is 3. The summed E-state index contributed by atoms with van der Waals surface area (Å²) in [5.41, 5.74) is -3.86. The Balaban J connectivity index is 1.49. The third kappa shape index (κ3) is 3.17. The topological polar surface area (TPSA) is 87.7 Å². The van der Waals surface area contributed by atoms with Crippen LogP contribution in [-0.4, -0.2) is 41.3 Å². The third-order valence-corrected chi connectivity index (χ3v) is 7.87. The number of rotatable bonds is 4. The number of sulfone groups is 1. The summed E-state index contributed by atoms with van der Waals surface area (Å²) in [5.74, 6) is -0.474. The van der Waals surface area contributed by atoms with Crippen LogP contribution in [0.5, 0.6) is 0 Å². The van der Waals surface area contributed by atoms with E-state index in [9.17, 15) is 31.2 Å². The molecule has 0 unspecified atom stereocenters. The number of imide groups is 1. The first-order chi connectivity index (χ1) is 16.0. The van der Waals surface area contributed by atoms with Gasteiger partial charge < -0.3 is 4.90 Å². The van der Waals surface area contributed by atoms with Crippen molar-refractivity contribution in [3.05, 3.63) is 65.9 Å². The van der Waals surface area contributed by atoms with Crippen molar-refractivity contribution in [2.24, 2.45) is 0 Å². The molecule has 176 valence electrons. The number of hydrogen-bond donors (Lipinski definition) is 0. The zero-order valence-corrected chi connectivity index (χ0v) is 18.7. The van der Waals surface area contributed by atoms with Gasteiger partial charge in [0.25, 0.3) is 15.7 Å². The number of carbonyl (C=O) groups is 2. The van der Waals surface area contributed by atoms with Crippen molar-refractivity contribution in [2.75, 3.05) is 4.90 Å². The van der Waals surface area contributed by atoms with Crippen LogP contribution in [-0.2, 0) is 21.2 Å². The lowest BCUT2D eigenvalue weighted by Gasteiger charge is -2.22. The van der Waals surface area contributed by atoms with Crippen LogP contribution in [0.3, 0.4) is 0 Å². The highest BCUT2D eigenvalue weighted by Gasteiger charge is 2.65. The number of fused-ring (bicyclic) bond motifs is 1. The number of amides is 3. The molecule has 2 fully saturated rings. The van der Waals surface area contributed by atoms with Crippen molar-refractivity contribution in [2.45, 2.75) is 42.3 Å². The molecule has 1 aromatic heterocycles. The zero-order valence-electron chi connectivity index (χ0n) is 17.8. The molecular weight excluding hydrogens is 471 g/mol. The molecule has 2 heterocycles. The molecule has 11 heteroatoms. The number of hydrogen-bond acceptors (Lipinski definition) is 5. The first-order valence-corrected chi connectivity index (χ1v) is 11.9. The molecule has 1 spiro atoms. The molecular formula is C23H18F3N3O4S. The third-order valence-electron chi connectivity index (χ3n) is 6.37. The number of para-hydroxylation sites is 1. The van der Waals surface area contributed by atoms with Gasteiger partial charge in [-0.25, -0.2) is 18.1 Å². The average Bonchev–Trinajstić information content (AvgIpc) is 3.56. The molecule has 34 heavy (non-hydrogen) atoms. The van der Waals surface area contributed by atoms with E-state index in [4.69, 9.17) is 0 Å². The Bertz CT molecular complexity index is 1450. The maximum Gasteiger partial charge on any atom is 0.501 e. The summed E-state index contributed by atoms with van der Waals surface area (Å²) in [6.45, 7) is 2.08. The number of anilines is 1. The van der Waals surface area contributed by atoms with E-state index in [-0.39, 0.29) is 12.2 Å². The summed E-state index contributed by atoms with van der Waals surface area (Å²) in [4.78, 5) is 32.4. The molecule has 0 atom stereocenters. The Morgan fingerprint density at radius 2 is 1.71 bits per heavy atom. The Labute approximate surface area is 192 Å². The monoisotopic (exact) mass is 489 g/mol. The lowest BCUT2D eigenvalue weighted by Crippen LogP contribution is -2.36. The van der Waals surface area contributed by atoms with Crippen molar-refractivity contribution in [3.8, 4) is 0 Å². The molecule has 3 amide bonds. The largest absolute Gasteiger partial charge is 0.501 e. The van der Waals surface area contributed by atoms with Gasteiger partial charge in [-0.1, -0.05) is 18.2 Å². The van der Waals surface area contributed by atoms with Gasteiger partial charge in [0.1, 0.15) is 5.54 Å². The highest BCUT2D eigenvalue weighted by atomic mass is 32.2. The summed E-state index contributed by atoms with van der Waals surface area (Å²) in [6.07, 6.45) is 2.58. The van der Waals surface area contributed by atoms with Crippen LogP contribution < -0.4 is 4.90 Å². The molecule has 0 bridgehead atoms. The maximum absolute atomic E-state index is 13.3. The number of aromatic nitrogens is 1. The van der Waals surface area contributed by atoms with Gasteiger partial charge in [0.2, 0.25) is 0 Å². The lowest BCUT2D eigenvalue weighted by atomic mass is 10.0. The van der Waals surface area contributed by atoms with Crippen molar-refractivity contribution in [3.63, 3.8) is 0 Å². The van der Waals surface area contributed by atoms with E-state index in [1.165, 1.54) is 4.90 Å². The van der Waals surface area contributed by atoms with Gasteiger partial charge in [-0.05, 0) is 61.2 Å². The fourth-order valence-corrected chi connectivity index (χ4v) is 5.12. The second kappa shape index (κ2) is 7.26. The zero-order chi connectivity index (χ0) is 24.5. The highest BCUT2D eigenvalue weighted by molar-refractivity contribution is 7.92. The van der Waals surface area contributed by atoms with Crippen LogP contribution in [0.25, 0.3) is 10.9 Å². The molecule has 1 aliphatic carbocycles. The fourth-order valence-electron chi connectivity index (χ4n) is 4.36. The van der Waals surface area contributed by atoms with Crippen LogP contribution in [0.2, 0.25) is 0 Å². The number of carbonyl (C=O) groups excluding carboxylic acids is 2. The van der Waals surface area contributed by atoms with Gasteiger partial charge in [0.15, 0.2) is 0 Å². The van der Waals surface area contributed by atoms with Gasteiger partial charge in [0, 0.05) is 18.1 Å². The predicted octanol–water partition coefficient (Wildman–Crippen LogP) is 4.34. The van der Waals surface area contributed by atoms with E-state index in [1.54, 1.807) is 12.3 Å². The minimum atomic E-state index is -5.53. The molecule has 2 aromatic carbocycles. The number of urea groups is 1. The van der Waals surface area contributed by atoms with Crippen molar-refractivity contribution >= 4 is 38.4 Å². The van der Waals surface area contributed by atoms with Gasteiger partial charge in [-0.15, -0.1) is 0 Å².